The maximum Gasteiger partial charge on any atom is 0.131 e. The summed E-state index contributed by atoms with van der Waals surface area (Å²) in [4.78, 5) is 8.65. The molecule has 5 heteroatoms. The van der Waals surface area contributed by atoms with E-state index in [2.05, 4.69) is 34.4 Å². The molecule has 0 radical (unpaired) electrons. The highest BCUT2D eigenvalue weighted by Crippen LogP contribution is 2.16. The van der Waals surface area contributed by atoms with Crippen LogP contribution in [0.15, 0.2) is 6.07 Å². The van der Waals surface area contributed by atoms with E-state index in [1.54, 1.807) is 0 Å². The number of aryl methyl sites for hydroxylation is 1. The summed E-state index contributed by atoms with van der Waals surface area (Å²) in [5.41, 5.74) is 5.76. The number of nitrogens with zero attached hydrogens (tertiary/aromatic N) is 2. The molecule has 0 saturated carbocycles. The second-order valence-electron chi connectivity index (χ2n) is 4.94. The summed E-state index contributed by atoms with van der Waals surface area (Å²) in [6.45, 7) is 10.5. The molecule has 0 bridgehead atoms. The Bertz CT molecular complexity index is 362. The van der Waals surface area contributed by atoms with Gasteiger partial charge in [-0.2, -0.15) is 0 Å². The Kier molecular flexibility index (Phi) is 4.69. The van der Waals surface area contributed by atoms with Crippen molar-refractivity contribution in [3.63, 3.8) is 0 Å². The fraction of sp³-hybridized carbons (Fsp3) is 0.667. The van der Waals surface area contributed by atoms with Crippen molar-refractivity contribution in [2.75, 3.05) is 30.3 Å². The maximum atomic E-state index is 5.69. The largest absolute Gasteiger partial charge is 0.370 e. The predicted molar refractivity (Wildman–Crippen MR) is 72.3 cm³/mol. The molecule has 17 heavy (non-hydrogen) atoms. The third-order valence-electron chi connectivity index (χ3n) is 2.50. The molecular formula is C12H23N5. The number of anilines is 2. The summed E-state index contributed by atoms with van der Waals surface area (Å²) >= 11 is 0. The highest BCUT2D eigenvalue weighted by Gasteiger charge is 2.15. The van der Waals surface area contributed by atoms with E-state index in [0.29, 0.717) is 6.54 Å². The van der Waals surface area contributed by atoms with E-state index in [1.165, 1.54) is 0 Å². The molecule has 0 amide bonds. The van der Waals surface area contributed by atoms with Crippen molar-refractivity contribution in [3.8, 4) is 0 Å². The van der Waals surface area contributed by atoms with Gasteiger partial charge in [0.15, 0.2) is 0 Å². The van der Waals surface area contributed by atoms with Crippen molar-refractivity contribution in [2.45, 2.75) is 27.7 Å². The summed E-state index contributed by atoms with van der Waals surface area (Å²) < 4.78 is 0. The van der Waals surface area contributed by atoms with Crippen molar-refractivity contribution in [3.05, 3.63) is 11.9 Å². The third-order valence-corrected chi connectivity index (χ3v) is 2.50. The molecule has 0 saturated heterocycles. The molecule has 0 aliphatic heterocycles. The molecule has 96 valence electrons. The van der Waals surface area contributed by atoms with Crippen LogP contribution in [-0.2, 0) is 0 Å². The van der Waals surface area contributed by atoms with E-state index in [4.69, 9.17) is 5.73 Å². The summed E-state index contributed by atoms with van der Waals surface area (Å²) in [7, 11) is 0. The van der Waals surface area contributed by atoms with Crippen LogP contribution in [0.5, 0.6) is 0 Å². The molecule has 1 heterocycles. The highest BCUT2D eigenvalue weighted by molar-refractivity contribution is 5.47. The van der Waals surface area contributed by atoms with Gasteiger partial charge in [0.2, 0.25) is 0 Å². The van der Waals surface area contributed by atoms with E-state index in [1.807, 2.05) is 19.9 Å². The summed E-state index contributed by atoms with van der Waals surface area (Å²) in [6.07, 6.45) is 0. The number of hydrogen-bond acceptors (Lipinski definition) is 5. The van der Waals surface area contributed by atoms with Crippen LogP contribution in [0.25, 0.3) is 0 Å². The average Bonchev–Trinajstić information content (AvgIpc) is 2.26. The van der Waals surface area contributed by atoms with Crippen molar-refractivity contribution in [1.82, 2.24) is 9.97 Å². The summed E-state index contributed by atoms with van der Waals surface area (Å²) in [5.74, 6) is 2.46. The standard InChI is InChI=1S/C12H23N5/c1-5-14-10-6-11(17-9(2)16-10)15-8-12(3,4)7-13/h6H,5,7-8,13H2,1-4H3,(H2,14,15,16,17). The van der Waals surface area contributed by atoms with E-state index in [9.17, 15) is 0 Å². The van der Waals surface area contributed by atoms with Crippen LogP contribution in [0.2, 0.25) is 0 Å². The van der Waals surface area contributed by atoms with Crippen LogP contribution in [0.4, 0.5) is 11.6 Å². The lowest BCUT2D eigenvalue weighted by molar-refractivity contribution is 0.405. The van der Waals surface area contributed by atoms with Gasteiger partial charge >= 0.3 is 0 Å². The van der Waals surface area contributed by atoms with Gasteiger partial charge in [-0.15, -0.1) is 0 Å². The molecule has 1 aromatic rings. The number of nitrogens with one attached hydrogen (secondary N) is 2. The molecule has 0 aliphatic rings. The minimum atomic E-state index is 0.0667. The minimum Gasteiger partial charge on any atom is -0.370 e. The van der Waals surface area contributed by atoms with E-state index < -0.39 is 0 Å². The molecule has 4 N–H and O–H groups in total. The van der Waals surface area contributed by atoms with Gasteiger partial charge in [0.05, 0.1) is 0 Å². The zero-order valence-corrected chi connectivity index (χ0v) is 11.2. The maximum absolute atomic E-state index is 5.69. The Morgan fingerprint density at radius 3 is 2.35 bits per heavy atom. The minimum absolute atomic E-state index is 0.0667. The molecular weight excluding hydrogens is 214 g/mol. The van der Waals surface area contributed by atoms with Crippen LogP contribution < -0.4 is 16.4 Å². The first-order valence-corrected chi connectivity index (χ1v) is 6.00. The van der Waals surface area contributed by atoms with Gasteiger partial charge in [-0.05, 0) is 25.8 Å². The topological polar surface area (TPSA) is 75.9 Å². The molecule has 0 spiro atoms. The van der Waals surface area contributed by atoms with Crippen LogP contribution in [0.3, 0.4) is 0 Å². The van der Waals surface area contributed by atoms with Gasteiger partial charge in [-0.25, -0.2) is 9.97 Å². The van der Waals surface area contributed by atoms with E-state index in [0.717, 1.165) is 30.5 Å². The van der Waals surface area contributed by atoms with Crippen molar-refractivity contribution >= 4 is 11.6 Å². The number of nitrogens with two attached hydrogens (primary N) is 1. The summed E-state index contributed by atoms with van der Waals surface area (Å²) in [5, 5.41) is 6.49. The molecule has 0 atom stereocenters. The van der Waals surface area contributed by atoms with Gasteiger partial charge in [0.1, 0.15) is 17.5 Å². The Balaban J connectivity index is 2.70. The number of hydrogen-bond donors (Lipinski definition) is 3. The second-order valence-corrected chi connectivity index (χ2v) is 4.94. The highest BCUT2D eigenvalue weighted by atomic mass is 15.1. The first-order valence-electron chi connectivity index (χ1n) is 6.00. The smallest absolute Gasteiger partial charge is 0.131 e. The van der Waals surface area contributed by atoms with E-state index >= 15 is 0 Å². The molecule has 5 nitrogen and oxygen atoms in total. The van der Waals surface area contributed by atoms with Crippen molar-refractivity contribution in [2.24, 2.45) is 11.1 Å². The number of rotatable bonds is 6. The van der Waals surface area contributed by atoms with Crippen molar-refractivity contribution < 1.29 is 0 Å². The SMILES string of the molecule is CCNc1cc(NCC(C)(C)CN)nc(C)n1. The summed E-state index contributed by atoms with van der Waals surface area (Å²) in [6, 6.07) is 1.92. The lowest BCUT2D eigenvalue weighted by Crippen LogP contribution is -2.31. The Labute approximate surface area is 103 Å². The van der Waals surface area contributed by atoms with Crippen molar-refractivity contribution in [1.29, 1.82) is 0 Å². The normalized spacial score (nSPS) is 11.4. The lowest BCUT2D eigenvalue weighted by atomic mass is 9.94. The number of aromatic nitrogens is 2. The third kappa shape index (κ3) is 4.56. The van der Waals surface area contributed by atoms with Gasteiger partial charge in [0, 0.05) is 19.2 Å². The van der Waals surface area contributed by atoms with Crippen LogP contribution >= 0.6 is 0 Å². The molecule has 0 fully saturated rings. The predicted octanol–water partition coefficient (Wildman–Crippen LogP) is 1.61. The van der Waals surface area contributed by atoms with Gasteiger partial charge in [-0.1, -0.05) is 13.8 Å². The Morgan fingerprint density at radius 1 is 1.24 bits per heavy atom. The van der Waals surface area contributed by atoms with Gasteiger partial charge < -0.3 is 16.4 Å². The van der Waals surface area contributed by atoms with Crippen LogP contribution in [0.1, 0.15) is 26.6 Å². The molecule has 0 aliphatic carbocycles. The van der Waals surface area contributed by atoms with Gasteiger partial charge in [0.25, 0.3) is 0 Å². The first-order chi connectivity index (χ1) is 7.96. The fourth-order valence-electron chi connectivity index (χ4n) is 1.33. The second kappa shape index (κ2) is 5.82. The zero-order valence-electron chi connectivity index (χ0n) is 11.2. The van der Waals surface area contributed by atoms with Crippen LogP contribution in [-0.4, -0.2) is 29.6 Å². The fourth-order valence-corrected chi connectivity index (χ4v) is 1.33. The first kappa shape index (κ1) is 13.7. The monoisotopic (exact) mass is 237 g/mol. The molecule has 1 aromatic heterocycles. The Hall–Kier alpha value is -1.36. The molecule has 0 aromatic carbocycles. The molecule has 0 unspecified atom stereocenters. The quantitative estimate of drug-likeness (QED) is 0.701. The average molecular weight is 237 g/mol. The molecule has 1 rings (SSSR count). The van der Waals surface area contributed by atoms with E-state index in [-0.39, 0.29) is 5.41 Å². The van der Waals surface area contributed by atoms with Crippen LogP contribution in [0, 0.1) is 12.3 Å². The zero-order chi connectivity index (χ0) is 12.9. The Morgan fingerprint density at radius 2 is 1.82 bits per heavy atom. The van der Waals surface area contributed by atoms with Gasteiger partial charge in [-0.3, -0.25) is 0 Å². The lowest BCUT2D eigenvalue weighted by Gasteiger charge is -2.23.